The monoisotopic (exact) mass is 338 g/mol. The predicted molar refractivity (Wildman–Crippen MR) is 83.4 cm³/mol. The number of benzene rings is 1. The first-order chi connectivity index (χ1) is 9.70. The summed E-state index contributed by atoms with van der Waals surface area (Å²) in [6, 6.07) is 6.22. The third kappa shape index (κ3) is 2.43. The molecule has 2 atom stereocenters. The zero-order valence-corrected chi connectivity index (χ0v) is 13.0. The van der Waals surface area contributed by atoms with Crippen LogP contribution in [0.5, 0.6) is 0 Å². The van der Waals surface area contributed by atoms with Gasteiger partial charge in [0.05, 0.1) is 4.92 Å². The lowest BCUT2D eigenvalue weighted by atomic mass is 9.91. The summed E-state index contributed by atoms with van der Waals surface area (Å²) in [6.07, 6.45) is 6.52. The van der Waals surface area contributed by atoms with Gasteiger partial charge in [0.15, 0.2) is 0 Å². The molecule has 2 unspecified atom stereocenters. The van der Waals surface area contributed by atoms with Gasteiger partial charge in [-0.3, -0.25) is 10.1 Å². The quantitative estimate of drug-likeness (QED) is 0.470. The molecule has 1 aliphatic heterocycles. The Morgan fingerprint density at radius 3 is 2.85 bits per heavy atom. The molecule has 1 saturated heterocycles. The van der Waals surface area contributed by atoms with Crippen molar-refractivity contribution in [2.24, 2.45) is 5.92 Å². The van der Waals surface area contributed by atoms with E-state index in [2.05, 4.69) is 20.8 Å². The second kappa shape index (κ2) is 5.72. The molecule has 4 nitrogen and oxygen atoms in total. The lowest BCUT2D eigenvalue weighted by molar-refractivity contribution is -0.385. The van der Waals surface area contributed by atoms with Crippen LogP contribution in [0.1, 0.15) is 37.7 Å². The first-order valence-electron chi connectivity index (χ1n) is 7.30. The Labute approximate surface area is 127 Å². The second-order valence-electron chi connectivity index (χ2n) is 5.80. The van der Waals surface area contributed by atoms with Crippen molar-refractivity contribution in [3.05, 3.63) is 33.9 Å². The third-order valence-corrected chi connectivity index (χ3v) is 5.33. The fraction of sp³-hybridized carbons (Fsp3) is 0.600. The van der Waals surface area contributed by atoms with Gasteiger partial charge in [-0.1, -0.05) is 22.4 Å². The minimum absolute atomic E-state index is 0.214. The molecule has 1 aromatic carbocycles. The fourth-order valence-electron chi connectivity index (χ4n) is 3.81. The second-order valence-corrected chi connectivity index (χ2v) is 6.36. The number of fused-ring (bicyclic) bond motifs is 1. The molecule has 0 radical (unpaired) electrons. The zero-order chi connectivity index (χ0) is 14.1. The van der Waals surface area contributed by atoms with Crippen molar-refractivity contribution in [2.45, 2.75) is 43.5 Å². The number of halogens is 1. The SMILES string of the molecule is O=[N+]([O-])c1ccc(N2CCCC3CCCC32)cc1CBr. The van der Waals surface area contributed by atoms with Gasteiger partial charge in [-0.25, -0.2) is 0 Å². The Kier molecular flexibility index (Phi) is 3.96. The van der Waals surface area contributed by atoms with Gasteiger partial charge < -0.3 is 4.90 Å². The largest absolute Gasteiger partial charge is 0.368 e. The Hall–Kier alpha value is -1.10. The van der Waals surface area contributed by atoms with Crippen LogP contribution < -0.4 is 4.90 Å². The van der Waals surface area contributed by atoms with E-state index in [0.717, 1.165) is 23.7 Å². The van der Waals surface area contributed by atoms with Crippen molar-refractivity contribution in [1.29, 1.82) is 0 Å². The maximum Gasteiger partial charge on any atom is 0.273 e. The van der Waals surface area contributed by atoms with Gasteiger partial charge in [0.2, 0.25) is 0 Å². The van der Waals surface area contributed by atoms with Crippen LogP contribution in [0.2, 0.25) is 0 Å². The maximum absolute atomic E-state index is 11.0. The van der Waals surface area contributed by atoms with Crippen LogP contribution >= 0.6 is 15.9 Å². The molecule has 0 bridgehead atoms. The number of nitro groups is 1. The van der Waals surface area contributed by atoms with E-state index in [1.165, 1.54) is 32.1 Å². The average Bonchev–Trinajstić information content (AvgIpc) is 2.94. The summed E-state index contributed by atoms with van der Waals surface area (Å²) in [5.74, 6) is 0.825. The molecule has 0 spiro atoms. The van der Waals surface area contributed by atoms with Crippen molar-refractivity contribution >= 4 is 27.3 Å². The Morgan fingerprint density at radius 2 is 2.10 bits per heavy atom. The molecule has 5 heteroatoms. The van der Waals surface area contributed by atoms with Crippen LogP contribution in [-0.2, 0) is 5.33 Å². The average molecular weight is 339 g/mol. The molecule has 1 heterocycles. The highest BCUT2D eigenvalue weighted by molar-refractivity contribution is 9.08. The summed E-state index contributed by atoms with van der Waals surface area (Å²) in [4.78, 5) is 13.2. The normalized spacial score (nSPS) is 25.6. The number of anilines is 1. The molecule has 108 valence electrons. The van der Waals surface area contributed by atoms with Crippen molar-refractivity contribution in [3.8, 4) is 0 Å². The van der Waals surface area contributed by atoms with Crippen LogP contribution in [0.25, 0.3) is 0 Å². The van der Waals surface area contributed by atoms with Gasteiger partial charge >= 0.3 is 0 Å². The molecule has 0 N–H and O–H groups in total. The van der Waals surface area contributed by atoms with E-state index in [-0.39, 0.29) is 10.6 Å². The van der Waals surface area contributed by atoms with Gasteiger partial charge in [-0.05, 0) is 43.7 Å². The van der Waals surface area contributed by atoms with Crippen LogP contribution in [0, 0.1) is 16.0 Å². The van der Waals surface area contributed by atoms with E-state index in [1.807, 2.05) is 12.1 Å². The molecule has 3 rings (SSSR count). The zero-order valence-electron chi connectivity index (χ0n) is 11.4. The van der Waals surface area contributed by atoms with Crippen molar-refractivity contribution in [3.63, 3.8) is 0 Å². The number of alkyl halides is 1. The Balaban J connectivity index is 1.91. The molecule has 2 fully saturated rings. The van der Waals surface area contributed by atoms with Gasteiger partial charge in [0, 0.05) is 35.2 Å². The van der Waals surface area contributed by atoms with E-state index < -0.39 is 0 Å². The molecule has 2 aliphatic rings. The standard InChI is InChI=1S/C15H19BrN2O2/c16-10-12-9-13(6-7-15(12)18(19)20)17-8-2-4-11-3-1-5-14(11)17/h6-7,9,11,14H,1-5,8,10H2. The Bertz CT molecular complexity index is 521. The number of nitro benzene ring substituents is 1. The number of hydrogen-bond acceptors (Lipinski definition) is 3. The van der Waals surface area contributed by atoms with Crippen LogP contribution in [0.4, 0.5) is 11.4 Å². The third-order valence-electron chi connectivity index (χ3n) is 4.73. The van der Waals surface area contributed by atoms with E-state index in [4.69, 9.17) is 0 Å². The van der Waals surface area contributed by atoms with E-state index in [9.17, 15) is 10.1 Å². The molecular weight excluding hydrogens is 320 g/mol. The predicted octanol–water partition coefficient (Wildman–Crippen LogP) is 4.26. The van der Waals surface area contributed by atoms with Crippen molar-refractivity contribution in [1.82, 2.24) is 0 Å². The van der Waals surface area contributed by atoms with E-state index >= 15 is 0 Å². The van der Waals surface area contributed by atoms with Crippen molar-refractivity contribution < 1.29 is 4.92 Å². The molecule has 20 heavy (non-hydrogen) atoms. The van der Waals surface area contributed by atoms with E-state index in [0.29, 0.717) is 11.4 Å². The summed E-state index contributed by atoms with van der Waals surface area (Å²) in [5.41, 5.74) is 2.14. The molecule has 1 aliphatic carbocycles. The number of hydrogen-bond donors (Lipinski definition) is 0. The maximum atomic E-state index is 11.0. The first kappa shape index (κ1) is 13.9. The lowest BCUT2D eigenvalue weighted by Gasteiger charge is -2.39. The summed E-state index contributed by atoms with van der Waals surface area (Å²) < 4.78 is 0. The highest BCUT2D eigenvalue weighted by Gasteiger charge is 2.35. The van der Waals surface area contributed by atoms with Crippen LogP contribution in [0.15, 0.2) is 18.2 Å². The van der Waals surface area contributed by atoms with Crippen LogP contribution in [-0.4, -0.2) is 17.5 Å². The minimum atomic E-state index is -0.297. The van der Waals surface area contributed by atoms with E-state index in [1.54, 1.807) is 6.07 Å². The van der Waals surface area contributed by atoms with Gasteiger partial charge in [0.1, 0.15) is 0 Å². The van der Waals surface area contributed by atoms with Gasteiger partial charge in [-0.15, -0.1) is 0 Å². The van der Waals surface area contributed by atoms with Gasteiger partial charge in [-0.2, -0.15) is 0 Å². The lowest BCUT2D eigenvalue weighted by Crippen LogP contribution is -2.42. The smallest absolute Gasteiger partial charge is 0.273 e. The molecule has 0 amide bonds. The van der Waals surface area contributed by atoms with Crippen LogP contribution in [0.3, 0.4) is 0 Å². The molecule has 0 aromatic heterocycles. The highest BCUT2D eigenvalue weighted by Crippen LogP contribution is 2.40. The minimum Gasteiger partial charge on any atom is -0.368 e. The molecule has 1 aromatic rings. The number of nitrogens with zero attached hydrogens (tertiary/aromatic N) is 2. The summed E-state index contributed by atoms with van der Waals surface area (Å²) in [5, 5.41) is 11.5. The van der Waals surface area contributed by atoms with Crippen molar-refractivity contribution in [2.75, 3.05) is 11.4 Å². The molecule has 1 saturated carbocycles. The molecular formula is C15H19BrN2O2. The highest BCUT2D eigenvalue weighted by atomic mass is 79.9. The first-order valence-corrected chi connectivity index (χ1v) is 8.43. The summed E-state index contributed by atoms with van der Waals surface area (Å²) in [7, 11) is 0. The number of rotatable bonds is 3. The number of piperidine rings is 1. The van der Waals surface area contributed by atoms with Gasteiger partial charge in [0.25, 0.3) is 5.69 Å². The Morgan fingerprint density at radius 1 is 1.30 bits per heavy atom. The topological polar surface area (TPSA) is 46.4 Å². The fourth-order valence-corrected chi connectivity index (χ4v) is 4.26. The summed E-state index contributed by atoms with van der Waals surface area (Å²) >= 11 is 3.37. The summed E-state index contributed by atoms with van der Waals surface area (Å²) in [6.45, 7) is 1.08.